The van der Waals surface area contributed by atoms with Gasteiger partial charge in [0.2, 0.25) is 0 Å². The summed E-state index contributed by atoms with van der Waals surface area (Å²) in [4.78, 5) is 23.3. The number of primary amides is 1. The fraction of sp³-hybridized carbons (Fsp3) is 0.111. The Labute approximate surface area is 138 Å². The van der Waals surface area contributed by atoms with Gasteiger partial charge in [0, 0.05) is 16.6 Å². The number of hydrogen-bond acceptors (Lipinski definition) is 3. The number of para-hydroxylation sites is 1. The highest BCUT2D eigenvalue weighted by Gasteiger charge is 2.15. The Hall–Kier alpha value is -3.28. The lowest BCUT2D eigenvalue weighted by Gasteiger charge is -2.12. The van der Waals surface area contributed by atoms with E-state index < -0.39 is 6.03 Å². The Kier molecular flexibility index (Phi) is 4.20. The van der Waals surface area contributed by atoms with Crippen LogP contribution < -0.4 is 16.4 Å². The number of urea groups is 1. The molecule has 3 amide bonds. The van der Waals surface area contributed by atoms with Gasteiger partial charge in [0.15, 0.2) is 0 Å². The van der Waals surface area contributed by atoms with Crippen LogP contribution in [0.3, 0.4) is 0 Å². The molecule has 0 fully saturated rings. The van der Waals surface area contributed by atoms with Crippen molar-refractivity contribution in [2.24, 2.45) is 5.73 Å². The van der Waals surface area contributed by atoms with Crippen molar-refractivity contribution in [3.63, 3.8) is 0 Å². The molecule has 1 aromatic heterocycles. The maximum Gasteiger partial charge on any atom is 0.316 e. The highest BCUT2D eigenvalue weighted by atomic mass is 16.3. The molecule has 3 rings (SSSR count). The summed E-state index contributed by atoms with van der Waals surface area (Å²) >= 11 is 0. The molecule has 3 aromatic rings. The van der Waals surface area contributed by atoms with E-state index in [0.717, 1.165) is 11.0 Å². The quantitative estimate of drug-likeness (QED) is 0.686. The fourth-order valence-corrected chi connectivity index (χ4v) is 2.45. The highest BCUT2D eigenvalue weighted by molar-refractivity contribution is 5.96. The lowest BCUT2D eigenvalue weighted by atomic mass is 10.1. The summed E-state index contributed by atoms with van der Waals surface area (Å²) in [6, 6.07) is 15.2. The monoisotopic (exact) mass is 323 g/mol. The molecule has 1 heterocycles. The van der Waals surface area contributed by atoms with Crippen molar-refractivity contribution in [3.05, 3.63) is 65.9 Å². The number of carbonyl (C=O) groups is 2. The Morgan fingerprint density at radius 3 is 2.62 bits per heavy atom. The molecule has 4 N–H and O–H groups in total. The second-order valence-corrected chi connectivity index (χ2v) is 5.45. The number of carbonyl (C=O) groups excluding carboxylic acids is 2. The van der Waals surface area contributed by atoms with Gasteiger partial charge in [-0.3, -0.25) is 4.79 Å². The molecule has 0 aliphatic carbocycles. The number of rotatable bonds is 4. The van der Waals surface area contributed by atoms with Crippen molar-refractivity contribution >= 4 is 28.6 Å². The van der Waals surface area contributed by atoms with Crippen molar-refractivity contribution in [2.45, 2.75) is 13.0 Å². The van der Waals surface area contributed by atoms with Gasteiger partial charge in [-0.1, -0.05) is 24.3 Å². The van der Waals surface area contributed by atoms with E-state index >= 15 is 0 Å². The minimum Gasteiger partial charge on any atom is -0.459 e. The summed E-state index contributed by atoms with van der Waals surface area (Å²) < 4.78 is 5.75. The Balaban J connectivity index is 1.75. The summed E-state index contributed by atoms with van der Waals surface area (Å²) in [7, 11) is 0. The second-order valence-electron chi connectivity index (χ2n) is 5.45. The first-order valence-corrected chi connectivity index (χ1v) is 7.49. The zero-order valence-electron chi connectivity index (χ0n) is 13.1. The summed E-state index contributed by atoms with van der Waals surface area (Å²) in [5, 5.41) is 6.31. The minimum absolute atomic E-state index is 0.268. The van der Waals surface area contributed by atoms with E-state index in [4.69, 9.17) is 10.2 Å². The average molecular weight is 323 g/mol. The molecule has 0 aliphatic rings. The van der Waals surface area contributed by atoms with Gasteiger partial charge in [0.1, 0.15) is 11.3 Å². The van der Waals surface area contributed by atoms with Crippen LogP contribution >= 0.6 is 0 Å². The van der Waals surface area contributed by atoms with Crippen LogP contribution in [0.4, 0.5) is 10.5 Å². The number of fused-ring (bicyclic) bond motifs is 1. The lowest BCUT2D eigenvalue weighted by molar-refractivity contribution is 0.0935. The molecule has 0 saturated carbocycles. The van der Waals surface area contributed by atoms with Crippen LogP contribution in [0.1, 0.15) is 29.1 Å². The summed E-state index contributed by atoms with van der Waals surface area (Å²) in [5.74, 6) is 0.409. The van der Waals surface area contributed by atoms with Crippen molar-refractivity contribution in [1.82, 2.24) is 5.32 Å². The van der Waals surface area contributed by atoms with Crippen molar-refractivity contribution in [2.75, 3.05) is 5.32 Å². The normalized spacial score (nSPS) is 11.9. The molecule has 6 heteroatoms. The van der Waals surface area contributed by atoms with E-state index in [9.17, 15) is 9.59 Å². The van der Waals surface area contributed by atoms with Gasteiger partial charge in [-0.15, -0.1) is 0 Å². The van der Waals surface area contributed by atoms with E-state index in [1.165, 1.54) is 0 Å². The molecule has 6 nitrogen and oxygen atoms in total. The Morgan fingerprint density at radius 1 is 1.08 bits per heavy atom. The first-order valence-electron chi connectivity index (χ1n) is 7.49. The third-order valence-electron chi connectivity index (χ3n) is 3.61. The van der Waals surface area contributed by atoms with Crippen molar-refractivity contribution < 1.29 is 14.0 Å². The standard InChI is InChI=1S/C18H17N3O3/c1-11(16-10-12-5-2-3-8-15(12)24-16)20-17(22)13-6-4-7-14(9-13)21-18(19)23/h2-11H,1H3,(H,20,22)(H3,19,21,23). The number of hydrogen-bond donors (Lipinski definition) is 3. The minimum atomic E-state index is -0.678. The van der Waals surface area contributed by atoms with Gasteiger partial charge >= 0.3 is 6.03 Å². The molecule has 122 valence electrons. The van der Waals surface area contributed by atoms with Crippen LogP contribution in [-0.2, 0) is 0 Å². The molecule has 0 bridgehead atoms. The maximum absolute atomic E-state index is 12.4. The molecular formula is C18H17N3O3. The summed E-state index contributed by atoms with van der Waals surface area (Å²) in [5.41, 5.74) is 6.75. The molecular weight excluding hydrogens is 306 g/mol. The predicted molar refractivity (Wildman–Crippen MR) is 91.7 cm³/mol. The Morgan fingerprint density at radius 2 is 1.88 bits per heavy atom. The summed E-state index contributed by atoms with van der Waals surface area (Å²) in [6.07, 6.45) is 0. The van der Waals surface area contributed by atoms with Crippen LogP contribution in [0.2, 0.25) is 0 Å². The number of anilines is 1. The van der Waals surface area contributed by atoms with Crippen LogP contribution in [0.5, 0.6) is 0 Å². The fourth-order valence-electron chi connectivity index (χ4n) is 2.45. The number of nitrogens with one attached hydrogen (secondary N) is 2. The zero-order chi connectivity index (χ0) is 17.1. The number of nitrogens with two attached hydrogens (primary N) is 1. The number of furan rings is 1. The first kappa shape index (κ1) is 15.6. The van der Waals surface area contributed by atoms with Gasteiger partial charge in [-0.2, -0.15) is 0 Å². The smallest absolute Gasteiger partial charge is 0.316 e. The van der Waals surface area contributed by atoms with Gasteiger partial charge in [0.05, 0.1) is 6.04 Å². The van der Waals surface area contributed by atoms with Crippen molar-refractivity contribution in [3.8, 4) is 0 Å². The largest absolute Gasteiger partial charge is 0.459 e. The predicted octanol–water partition coefficient (Wildman–Crippen LogP) is 3.41. The second kappa shape index (κ2) is 6.45. The molecule has 1 atom stereocenters. The molecule has 0 radical (unpaired) electrons. The maximum atomic E-state index is 12.4. The third-order valence-corrected chi connectivity index (χ3v) is 3.61. The molecule has 24 heavy (non-hydrogen) atoms. The Bertz CT molecular complexity index is 868. The van der Waals surface area contributed by atoms with Gasteiger partial charge in [-0.05, 0) is 37.3 Å². The van der Waals surface area contributed by atoms with Gasteiger partial charge in [0.25, 0.3) is 5.91 Å². The van der Waals surface area contributed by atoms with E-state index in [-0.39, 0.29) is 11.9 Å². The molecule has 0 spiro atoms. The molecule has 0 saturated heterocycles. The number of amides is 3. The van der Waals surface area contributed by atoms with Crippen molar-refractivity contribution in [1.29, 1.82) is 0 Å². The summed E-state index contributed by atoms with van der Waals surface area (Å²) in [6.45, 7) is 1.85. The van der Waals surface area contributed by atoms with Gasteiger partial charge in [-0.25, -0.2) is 4.79 Å². The van der Waals surface area contributed by atoms with Gasteiger partial charge < -0.3 is 20.8 Å². The number of benzene rings is 2. The topological polar surface area (TPSA) is 97.4 Å². The zero-order valence-corrected chi connectivity index (χ0v) is 13.1. The van der Waals surface area contributed by atoms with Crippen LogP contribution in [0, 0.1) is 0 Å². The van der Waals surface area contributed by atoms with E-state index in [1.807, 2.05) is 37.3 Å². The molecule has 0 aliphatic heterocycles. The van der Waals surface area contributed by atoms with E-state index in [1.54, 1.807) is 24.3 Å². The SMILES string of the molecule is CC(NC(=O)c1cccc(NC(N)=O)c1)c1cc2ccccc2o1. The van der Waals surface area contributed by atoms with E-state index in [0.29, 0.717) is 17.0 Å². The molecule has 1 unspecified atom stereocenters. The van der Waals surface area contributed by atoms with Crippen LogP contribution in [0.25, 0.3) is 11.0 Å². The van der Waals surface area contributed by atoms with E-state index in [2.05, 4.69) is 10.6 Å². The third kappa shape index (κ3) is 3.38. The van der Waals surface area contributed by atoms with Crippen LogP contribution in [-0.4, -0.2) is 11.9 Å². The average Bonchev–Trinajstić information content (AvgIpc) is 2.98. The lowest BCUT2D eigenvalue weighted by Crippen LogP contribution is -2.26. The highest BCUT2D eigenvalue weighted by Crippen LogP contribution is 2.24. The first-order chi connectivity index (χ1) is 11.5. The van der Waals surface area contributed by atoms with Crippen LogP contribution in [0.15, 0.2) is 59.0 Å². The molecule has 2 aromatic carbocycles.